The number of ether oxygens (including phenoxy) is 3. The molecule has 18 saturated carbocycles. The summed E-state index contributed by atoms with van der Waals surface area (Å²) in [5.41, 5.74) is 9.69. The van der Waals surface area contributed by atoms with Crippen molar-refractivity contribution in [3.63, 3.8) is 0 Å². The first kappa shape index (κ1) is 84.1. The number of nitrogens with zero attached hydrogens (tertiary/aromatic N) is 1. The van der Waals surface area contributed by atoms with Crippen molar-refractivity contribution < 1.29 is 199 Å². The number of hydrogen-bond donors (Lipinski definition) is 14. The minimum Gasteiger partial charge on any atom is -1.00 e. The number of amides is 6. The van der Waals surface area contributed by atoms with Crippen LogP contribution in [0.4, 0.5) is 14.4 Å². The second-order valence-electron chi connectivity index (χ2n) is 39.3. The summed E-state index contributed by atoms with van der Waals surface area (Å²) in [4.78, 5) is 110. The fraction of sp³-hybridized carbons (Fsp3) is 0.880. The van der Waals surface area contributed by atoms with Gasteiger partial charge < -0.3 is 96.2 Å². The second-order valence-corrected chi connectivity index (χ2v) is 39.3. The Morgan fingerprint density at radius 3 is 0.990 bits per heavy atom. The molecule has 9 unspecified atom stereocenters. The summed E-state index contributed by atoms with van der Waals surface area (Å²) in [6.07, 6.45) is 20.9. The molecule has 576 valence electrons. The molecule has 20 rings (SSSR count). The fourth-order valence-electron chi connectivity index (χ4n) is 25.2. The molecular formula is C75H120K2N8O19. The number of nitrogens with one attached hydrogen (secondary N) is 4. The first-order chi connectivity index (χ1) is 47.1. The van der Waals surface area contributed by atoms with Crippen molar-refractivity contribution in [2.45, 2.75) is 330 Å². The molecule has 0 radical (unpaired) electrons. The predicted molar refractivity (Wildman–Crippen MR) is 370 cm³/mol. The van der Waals surface area contributed by atoms with Crippen LogP contribution in [0.1, 0.15) is 245 Å². The largest absolute Gasteiger partial charge is 1.00 e. The summed E-state index contributed by atoms with van der Waals surface area (Å²) in [5.74, 6) is 0.364. The van der Waals surface area contributed by atoms with Crippen LogP contribution in [0.2, 0.25) is 0 Å². The Bertz CT molecular complexity index is 3170. The van der Waals surface area contributed by atoms with Crippen LogP contribution in [0.15, 0.2) is 0 Å². The Morgan fingerprint density at radius 1 is 0.423 bits per heavy atom. The third kappa shape index (κ3) is 18.6. The minimum atomic E-state index is -1.04. The van der Waals surface area contributed by atoms with E-state index in [-0.39, 0.29) is 135 Å². The predicted octanol–water partition coefficient (Wildman–Crippen LogP) is 0.462. The van der Waals surface area contributed by atoms with Crippen molar-refractivity contribution >= 4 is 53.9 Å². The van der Waals surface area contributed by atoms with Crippen LogP contribution in [0, 0.1) is 80.8 Å². The number of nitrogens with two attached hydrogens (primary N) is 3. The van der Waals surface area contributed by atoms with Crippen LogP contribution in [-0.4, -0.2) is 182 Å². The van der Waals surface area contributed by atoms with E-state index in [1.807, 2.05) is 0 Å². The quantitative estimate of drug-likeness (QED) is 0.0880. The minimum absolute atomic E-state index is 0. The topological polar surface area (TPSA) is 452 Å². The summed E-state index contributed by atoms with van der Waals surface area (Å²) in [6.45, 7) is 15.8. The number of carbonyl (C=O) groups is 9. The van der Waals surface area contributed by atoms with Crippen LogP contribution in [0.5, 0.6) is 0 Å². The van der Waals surface area contributed by atoms with Crippen molar-refractivity contribution in [3.05, 3.63) is 0 Å². The standard InChI is InChI=1S/C23H35N3O5.2C17H27NO5.C12H19NO3.C6H10N2O.2K.2H/c1-21(2,3)31-20(29)25-17(19(28)26-15-5-14(15)6-16(26)18(24)27)22-7-12-4-13(8-22)10-23(30,9-12)11-22;2*1-15(2,3)23-14(21)18-12(13(19)20)16-5-10-4-11(6-16)8-17(22,7-10)9-16;13-9(10(14)15)11-2-7-1-8(3-11)5-12(16,4-7)6-11;7-6(9)5-2-3-1-4(3)8-5;;;;/h12-17,30H,4-11H2,1-3H3,(H2,24,27)(H,25,29);2*10-12,22H,4-9H2,1-3H3,(H,18,21)(H,19,20);7-9,16H,1-6,13H2,(H,14,15);3-5,8H,1-2H2,(H2,7,9);;;;/q;;;;;2*+1;2*-1/t12?,13?,14-,15-,16-,17?,22?,23?;2*10?,11?,12-,16?,17?;7?,8?,9-,11?,12?;3-,4-,5-;;;;/m01110..../s1. The van der Waals surface area contributed by atoms with E-state index in [0.29, 0.717) is 91.4 Å². The van der Waals surface area contributed by atoms with Gasteiger partial charge in [0, 0.05) is 28.3 Å². The number of likely N-dealkylation sites (tertiary alicyclic amines) is 1. The molecule has 0 spiro atoms. The van der Waals surface area contributed by atoms with E-state index in [0.717, 1.165) is 147 Å². The number of fused-ring (bicyclic) bond motifs is 2. The van der Waals surface area contributed by atoms with Crippen LogP contribution < -0.4 is 141 Å². The molecule has 0 aromatic carbocycles. The van der Waals surface area contributed by atoms with Crippen LogP contribution in [0.25, 0.3) is 0 Å². The Morgan fingerprint density at radius 2 is 0.731 bits per heavy atom. The Labute approximate surface area is 699 Å². The van der Waals surface area contributed by atoms with Crippen molar-refractivity contribution in [2.24, 2.45) is 98.0 Å². The van der Waals surface area contributed by atoms with E-state index in [2.05, 4.69) is 21.3 Å². The molecule has 18 atom stereocenters. The molecule has 6 amide bonds. The molecule has 0 aromatic rings. The first-order valence-electron chi connectivity index (χ1n) is 38.1. The Hall–Kier alpha value is -2.34. The van der Waals surface area contributed by atoms with Gasteiger partial charge in [0.25, 0.3) is 0 Å². The molecule has 18 aliphatic carbocycles. The Balaban J connectivity index is 0.000000172. The zero-order valence-electron chi connectivity index (χ0n) is 65.4. The molecule has 20 fully saturated rings. The van der Waals surface area contributed by atoms with Gasteiger partial charge in [0.2, 0.25) is 17.7 Å². The van der Waals surface area contributed by atoms with Gasteiger partial charge in [0.05, 0.1) is 28.4 Å². The molecule has 27 nitrogen and oxygen atoms in total. The van der Waals surface area contributed by atoms with Crippen LogP contribution in [-0.2, 0) is 43.0 Å². The van der Waals surface area contributed by atoms with E-state index in [4.69, 9.17) is 36.5 Å². The molecule has 17 N–H and O–H groups in total. The van der Waals surface area contributed by atoms with Gasteiger partial charge in [-0.1, -0.05) is 0 Å². The van der Waals surface area contributed by atoms with Gasteiger partial charge in [-0.2, -0.15) is 0 Å². The van der Waals surface area contributed by atoms with Gasteiger partial charge in [-0.25, -0.2) is 24.0 Å². The van der Waals surface area contributed by atoms with E-state index in [1.54, 1.807) is 67.2 Å². The SMILES string of the molecule is CC(C)(C)OC(=O)NC(C(=O)N1[C@H](C(N)=O)C[C@@H]2C[C@@H]21)C12CC3CC(CC(O)(C3)C1)C2.CC(C)(C)OC(=O)N[C@H](C(=O)O)C12CC3CC(CC(O)(C3)C1)C2.CC(C)(C)OC(=O)N[C@H](C(=O)O)C12CC3CC(CC(O)(C3)C1)C2.NC(=O)[C@@H]1C[C@@H]2C[C@@H]2N1.N[C@H](C(=O)O)C12CC3CC(CC(O)(C3)C1)C2.[H-].[H-].[K+].[K+]. The van der Waals surface area contributed by atoms with Crippen molar-refractivity contribution in [1.82, 2.24) is 26.2 Å². The summed E-state index contributed by atoms with van der Waals surface area (Å²) in [7, 11) is 0. The van der Waals surface area contributed by atoms with E-state index in [1.165, 1.54) is 6.42 Å². The molecule has 2 saturated heterocycles. The zero-order valence-corrected chi connectivity index (χ0v) is 69.6. The third-order valence-electron chi connectivity index (χ3n) is 26.7. The molecular weight excluding hydrogens is 1400 g/mol. The number of piperidine rings is 2. The molecule has 20 aliphatic rings. The third-order valence-corrected chi connectivity index (χ3v) is 26.7. The maximum Gasteiger partial charge on any atom is 1.00 e. The molecule has 16 bridgehead atoms. The number of alkyl carbamates (subject to hydrolysis) is 3. The maximum absolute atomic E-state index is 14.0. The van der Waals surface area contributed by atoms with Crippen LogP contribution >= 0.6 is 0 Å². The summed E-state index contributed by atoms with van der Waals surface area (Å²) in [6, 6.07) is -3.60. The number of aliphatic carboxylic acids is 3. The van der Waals surface area contributed by atoms with Crippen molar-refractivity contribution in [3.8, 4) is 0 Å². The number of rotatable bonds is 13. The number of carbonyl (C=O) groups excluding carboxylic acids is 6. The van der Waals surface area contributed by atoms with E-state index >= 15 is 0 Å². The first-order valence-corrected chi connectivity index (χ1v) is 38.1. The second kappa shape index (κ2) is 30.0. The molecule has 29 heteroatoms. The monoisotopic (exact) mass is 1510 g/mol. The normalized spacial score (nSPS) is 42.5. The Kier molecular flexibility index (Phi) is 24.2. The van der Waals surface area contributed by atoms with Crippen LogP contribution in [0.3, 0.4) is 0 Å². The van der Waals surface area contributed by atoms with Gasteiger partial charge in [-0.3, -0.25) is 19.2 Å². The number of carboxylic acid groups (broad SMARTS) is 3. The summed E-state index contributed by atoms with van der Waals surface area (Å²) in [5, 5.41) is 83.0. The molecule has 104 heavy (non-hydrogen) atoms. The number of hydrogen-bond acceptors (Lipinski definition) is 18. The smallest absolute Gasteiger partial charge is 1.00 e. The van der Waals surface area contributed by atoms with Gasteiger partial charge >= 0.3 is 139 Å². The van der Waals surface area contributed by atoms with Gasteiger partial charge in [-0.05, 0) is 307 Å². The molecule has 2 aliphatic heterocycles. The van der Waals surface area contributed by atoms with E-state index < -0.39 is 128 Å². The van der Waals surface area contributed by atoms with Crippen molar-refractivity contribution in [1.29, 1.82) is 0 Å². The maximum atomic E-state index is 14.0. The number of primary amides is 2. The summed E-state index contributed by atoms with van der Waals surface area (Å²) < 4.78 is 16.0. The molecule has 0 aromatic heterocycles. The molecule has 2 heterocycles. The summed E-state index contributed by atoms with van der Waals surface area (Å²) >= 11 is 0. The van der Waals surface area contributed by atoms with Gasteiger partial charge in [0.15, 0.2) is 0 Å². The van der Waals surface area contributed by atoms with E-state index in [9.17, 15) is 73.8 Å². The number of aliphatic hydroxyl groups is 4. The van der Waals surface area contributed by atoms with Gasteiger partial charge in [-0.15, -0.1) is 0 Å². The number of carboxylic acids is 3. The van der Waals surface area contributed by atoms with Gasteiger partial charge in [0.1, 0.15) is 47.0 Å². The zero-order chi connectivity index (χ0) is 74.4. The van der Waals surface area contributed by atoms with Crippen molar-refractivity contribution in [2.75, 3.05) is 0 Å². The fourth-order valence-corrected chi connectivity index (χ4v) is 25.2. The average Bonchev–Trinajstić information content (AvgIpc) is 0.969. The average molecular weight is 1520 g/mol.